The summed E-state index contributed by atoms with van der Waals surface area (Å²) in [5.74, 6) is -0.345. The molecule has 1 rings (SSSR count). The first-order chi connectivity index (χ1) is 6.99. The molecule has 82 valence electrons. The van der Waals surface area contributed by atoms with Gasteiger partial charge in [-0.1, -0.05) is 23.2 Å². The van der Waals surface area contributed by atoms with E-state index in [4.69, 9.17) is 28.3 Å². The molecule has 0 bridgehead atoms. The number of aliphatic hydroxyl groups excluding tert-OH is 1. The molecule has 2 N–H and O–H groups in total. The lowest BCUT2D eigenvalue weighted by Gasteiger charge is -2.07. The predicted octanol–water partition coefficient (Wildman–Crippen LogP) is 1.50. The van der Waals surface area contributed by atoms with Crippen LogP contribution in [0.5, 0.6) is 0 Å². The van der Waals surface area contributed by atoms with Gasteiger partial charge < -0.3 is 10.4 Å². The summed E-state index contributed by atoms with van der Waals surface area (Å²) in [4.78, 5) is 15.2. The molecule has 1 amide bonds. The summed E-state index contributed by atoms with van der Waals surface area (Å²) >= 11 is 11.3. The quantitative estimate of drug-likeness (QED) is 0.798. The number of aromatic nitrogens is 1. The van der Waals surface area contributed by atoms with Crippen LogP contribution in [-0.2, 0) is 0 Å². The standard InChI is InChI=1S/C9H10Cl2N2O2/c1-5(14)4-12-9(15)6-2-7(10)13-8(11)3-6/h2-3,5,14H,4H2,1H3,(H,12,15). The van der Waals surface area contributed by atoms with Gasteiger partial charge >= 0.3 is 0 Å². The maximum Gasteiger partial charge on any atom is 0.251 e. The second-order valence-electron chi connectivity index (χ2n) is 3.06. The maximum absolute atomic E-state index is 11.5. The Hall–Kier alpha value is -0.840. The van der Waals surface area contributed by atoms with Gasteiger partial charge in [0.05, 0.1) is 6.10 Å². The van der Waals surface area contributed by atoms with Crippen molar-refractivity contribution in [1.82, 2.24) is 10.3 Å². The van der Waals surface area contributed by atoms with E-state index in [2.05, 4.69) is 10.3 Å². The fourth-order valence-corrected chi connectivity index (χ4v) is 1.40. The predicted molar refractivity (Wildman–Crippen MR) is 58.3 cm³/mol. The van der Waals surface area contributed by atoms with Gasteiger partial charge in [-0.3, -0.25) is 4.79 Å². The normalized spacial score (nSPS) is 12.3. The molecule has 0 fully saturated rings. The first-order valence-corrected chi connectivity index (χ1v) is 5.04. The fourth-order valence-electron chi connectivity index (χ4n) is 0.938. The zero-order valence-corrected chi connectivity index (χ0v) is 9.51. The molecule has 0 radical (unpaired) electrons. The average molecular weight is 249 g/mol. The third-order valence-corrected chi connectivity index (χ3v) is 1.97. The first-order valence-electron chi connectivity index (χ1n) is 4.28. The van der Waals surface area contributed by atoms with Crippen molar-refractivity contribution in [1.29, 1.82) is 0 Å². The SMILES string of the molecule is CC(O)CNC(=O)c1cc(Cl)nc(Cl)c1. The number of amides is 1. The van der Waals surface area contributed by atoms with E-state index < -0.39 is 6.10 Å². The molecule has 1 heterocycles. The number of hydrogen-bond acceptors (Lipinski definition) is 3. The highest BCUT2D eigenvalue weighted by Crippen LogP contribution is 2.14. The number of pyridine rings is 1. The third-order valence-electron chi connectivity index (χ3n) is 1.58. The van der Waals surface area contributed by atoms with E-state index in [0.29, 0.717) is 5.56 Å². The number of rotatable bonds is 3. The van der Waals surface area contributed by atoms with Crippen molar-refractivity contribution in [2.45, 2.75) is 13.0 Å². The molecule has 1 aromatic heterocycles. The van der Waals surface area contributed by atoms with Crippen molar-refractivity contribution < 1.29 is 9.90 Å². The monoisotopic (exact) mass is 248 g/mol. The van der Waals surface area contributed by atoms with E-state index in [-0.39, 0.29) is 22.8 Å². The molecule has 6 heteroatoms. The van der Waals surface area contributed by atoms with Gasteiger partial charge in [0.15, 0.2) is 0 Å². The molecule has 1 atom stereocenters. The Kier molecular flexibility index (Phi) is 4.32. The number of nitrogens with one attached hydrogen (secondary N) is 1. The lowest BCUT2D eigenvalue weighted by Crippen LogP contribution is -2.30. The van der Waals surface area contributed by atoms with Gasteiger partial charge in [-0.15, -0.1) is 0 Å². The zero-order chi connectivity index (χ0) is 11.4. The first kappa shape index (κ1) is 12.2. The highest BCUT2D eigenvalue weighted by atomic mass is 35.5. The number of hydrogen-bond donors (Lipinski definition) is 2. The van der Waals surface area contributed by atoms with E-state index in [1.54, 1.807) is 6.92 Å². The molecular formula is C9H10Cl2N2O2. The molecule has 1 aromatic rings. The summed E-state index contributed by atoms with van der Waals surface area (Å²) < 4.78 is 0. The second kappa shape index (κ2) is 5.30. The Morgan fingerprint density at radius 1 is 1.53 bits per heavy atom. The Balaban J connectivity index is 2.73. The minimum absolute atomic E-state index is 0.157. The van der Waals surface area contributed by atoms with E-state index >= 15 is 0 Å². The van der Waals surface area contributed by atoms with Crippen LogP contribution in [0.15, 0.2) is 12.1 Å². The molecular weight excluding hydrogens is 239 g/mol. The zero-order valence-electron chi connectivity index (χ0n) is 8.00. The van der Waals surface area contributed by atoms with E-state index in [0.717, 1.165) is 0 Å². The van der Waals surface area contributed by atoms with Crippen LogP contribution in [-0.4, -0.2) is 28.6 Å². The smallest absolute Gasteiger partial charge is 0.251 e. The number of carbonyl (C=O) groups is 1. The minimum atomic E-state index is -0.596. The fraction of sp³-hybridized carbons (Fsp3) is 0.333. The van der Waals surface area contributed by atoms with Gasteiger partial charge in [-0.25, -0.2) is 4.98 Å². The Morgan fingerprint density at radius 2 is 2.07 bits per heavy atom. The van der Waals surface area contributed by atoms with Gasteiger partial charge in [0.25, 0.3) is 5.91 Å². The summed E-state index contributed by atoms with van der Waals surface area (Å²) in [6, 6.07) is 2.82. The second-order valence-corrected chi connectivity index (χ2v) is 3.83. The van der Waals surface area contributed by atoms with Gasteiger partial charge in [-0.05, 0) is 19.1 Å². The van der Waals surface area contributed by atoms with Crippen LogP contribution in [0.3, 0.4) is 0 Å². The van der Waals surface area contributed by atoms with Gasteiger partial charge in [0.1, 0.15) is 10.3 Å². The molecule has 1 unspecified atom stereocenters. The number of nitrogens with zero attached hydrogens (tertiary/aromatic N) is 1. The van der Waals surface area contributed by atoms with Gasteiger partial charge in [-0.2, -0.15) is 0 Å². The van der Waals surface area contributed by atoms with Crippen molar-refractivity contribution in [3.05, 3.63) is 28.0 Å². The van der Waals surface area contributed by atoms with E-state index in [1.165, 1.54) is 12.1 Å². The molecule has 0 aliphatic heterocycles. The lowest BCUT2D eigenvalue weighted by molar-refractivity contribution is 0.0924. The molecule has 15 heavy (non-hydrogen) atoms. The molecule has 0 saturated heterocycles. The van der Waals surface area contributed by atoms with Crippen molar-refractivity contribution in [2.24, 2.45) is 0 Å². The molecule has 0 saturated carbocycles. The highest BCUT2D eigenvalue weighted by molar-refractivity contribution is 6.33. The largest absolute Gasteiger partial charge is 0.392 e. The van der Waals surface area contributed by atoms with Gasteiger partial charge in [0.2, 0.25) is 0 Å². The summed E-state index contributed by atoms with van der Waals surface area (Å²) in [7, 11) is 0. The Morgan fingerprint density at radius 3 is 2.53 bits per heavy atom. The van der Waals surface area contributed by atoms with Gasteiger partial charge in [0, 0.05) is 12.1 Å². The van der Waals surface area contributed by atoms with Crippen LogP contribution in [0.25, 0.3) is 0 Å². The number of halogens is 2. The van der Waals surface area contributed by atoms with Crippen molar-refractivity contribution in [2.75, 3.05) is 6.54 Å². The summed E-state index contributed by atoms with van der Waals surface area (Å²) in [6.45, 7) is 1.75. The average Bonchev–Trinajstić information content (AvgIpc) is 2.12. The van der Waals surface area contributed by atoms with Crippen LogP contribution in [0.1, 0.15) is 17.3 Å². The van der Waals surface area contributed by atoms with E-state index in [1.807, 2.05) is 0 Å². The van der Waals surface area contributed by atoms with Crippen LogP contribution in [0.2, 0.25) is 10.3 Å². The summed E-state index contributed by atoms with van der Waals surface area (Å²) in [5.41, 5.74) is 0.320. The molecule has 0 aliphatic rings. The maximum atomic E-state index is 11.5. The lowest BCUT2D eigenvalue weighted by atomic mass is 10.2. The van der Waals surface area contributed by atoms with Crippen LogP contribution < -0.4 is 5.32 Å². The number of aliphatic hydroxyl groups is 1. The Labute approximate surface area is 97.2 Å². The van der Waals surface area contributed by atoms with E-state index in [9.17, 15) is 4.79 Å². The van der Waals surface area contributed by atoms with Crippen LogP contribution >= 0.6 is 23.2 Å². The minimum Gasteiger partial charge on any atom is -0.392 e. The molecule has 0 spiro atoms. The third kappa shape index (κ3) is 4.03. The Bertz CT molecular complexity index is 349. The van der Waals surface area contributed by atoms with Crippen molar-refractivity contribution >= 4 is 29.1 Å². The van der Waals surface area contributed by atoms with Crippen LogP contribution in [0, 0.1) is 0 Å². The molecule has 4 nitrogen and oxygen atoms in total. The van der Waals surface area contributed by atoms with Crippen molar-refractivity contribution in [3.8, 4) is 0 Å². The summed E-state index contributed by atoms with van der Waals surface area (Å²) in [6.07, 6.45) is -0.596. The topological polar surface area (TPSA) is 62.2 Å². The molecule has 0 aliphatic carbocycles. The van der Waals surface area contributed by atoms with Crippen molar-refractivity contribution in [3.63, 3.8) is 0 Å². The molecule has 0 aromatic carbocycles. The highest BCUT2D eigenvalue weighted by Gasteiger charge is 2.08. The summed E-state index contributed by atoms with van der Waals surface area (Å²) in [5, 5.41) is 11.8. The number of carbonyl (C=O) groups excluding carboxylic acids is 1. The van der Waals surface area contributed by atoms with Crippen LogP contribution in [0.4, 0.5) is 0 Å².